The summed E-state index contributed by atoms with van der Waals surface area (Å²) in [6, 6.07) is 4.05. The number of aryl methyl sites for hydroxylation is 1. The molecule has 0 N–H and O–H groups in total. The quantitative estimate of drug-likeness (QED) is 0.702. The number of nitrogens with zero attached hydrogens (tertiary/aromatic N) is 4. The average molecular weight is 389 g/mol. The summed E-state index contributed by atoms with van der Waals surface area (Å²) in [5, 5.41) is 0. The van der Waals surface area contributed by atoms with Gasteiger partial charge in [0.05, 0.1) is 31.4 Å². The first-order valence-corrected chi connectivity index (χ1v) is 10.3. The molecule has 2 amide bonds. The largest absolute Gasteiger partial charge is 0.379 e. The Morgan fingerprint density at radius 3 is 2.75 bits per heavy atom. The fraction of sp³-hybridized carbons (Fsp3) is 0.667. The van der Waals surface area contributed by atoms with Crippen LogP contribution in [0, 0.1) is 5.92 Å². The number of ether oxygens (including phenoxy) is 1. The Bertz CT molecular complexity index is 658. The summed E-state index contributed by atoms with van der Waals surface area (Å²) in [7, 11) is 1.83. The third-order valence-corrected chi connectivity index (χ3v) is 5.71. The predicted molar refractivity (Wildman–Crippen MR) is 107 cm³/mol. The molecule has 7 nitrogen and oxygen atoms in total. The van der Waals surface area contributed by atoms with Crippen molar-refractivity contribution in [3.8, 4) is 0 Å². The number of hydrogen-bond acceptors (Lipinski definition) is 5. The number of piperidine rings is 1. The Morgan fingerprint density at radius 2 is 2.07 bits per heavy atom. The van der Waals surface area contributed by atoms with Crippen molar-refractivity contribution in [3.63, 3.8) is 0 Å². The summed E-state index contributed by atoms with van der Waals surface area (Å²) < 4.78 is 5.37. The van der Waals surface area contributed by atoms with E-state index in [0.717, 1.165) is 45.0 Å². The number of aromatic nitrogens is 1. The monoisotopic (exact) mass is 388 g/mol. The fourth-order valence-corrected chi connectivity index (χ4v) is 3.81. The van der Waals surface area contributed by atoms with Crippen LogP contribution in [-0.4, -0.2) is 84.5 Å². The topological polar surface area (TPSA) is 66.0 Å². The number of morpholine rings is 1. The molecule has 28 heavy (non-hydrogen) atoms. The normalized spacial score (nSPS) is 21.0. The number of carbonyl (C=O) groups is 2. The molecule has 0 unspecified atom stereocenters. The van der Waals surface area contributed by atoms with Gasteiger partial charge < -0.3 is 14.5 Å². The zero-order chi connectivity index (χ0) is 19.9. The van der Waals surface area contributed by atoms with Crippen LogP contribution in [0.1, 0.15) is 31.0 Å². The van der Waals surface area contributed by atoms with Crippen molar-refractivity contribution in [2.75, 3.05) is 53.0 Å². The minimum absolute atomic E-state index is 0.102. The van der Waals surface area contributed by atoms with Gasteiger partial charge in [0.15, 0.2) is 0 Å². The van der Waals surface area contributed by atoms with E-state index in [0.29, 0.717) is 32.5 Å². The van der Waals surface area contributed by atoms with E-state index in [4.69, 9.17) is 4.74 Å². The Morgan fingerprint density at radius 1 is 1.29 bits per heavy atom. The highest BCUT2D eigenvalue weighted by Gasteiger charge is 2.32. The first-order chi connectivity index (χ1) is 13.6. The molecule has 1 atom stereocenters. The number of likely N-dealkylation sites (tertiary alicyclic amines) is 1. The molecule has 0 aromatic carbocycles. The predicted octanol–water partition coefficient (Wildman–Crippen LogP) is 1.17. The number of pyridine rings is 1. The highest BCUT2D eigenvalue weighted by atomic mass is 16.5. The maximum atomic E-state index is 12.9. The second-order valence-electron chi connectivity index (χ2n) is 7.74. The van der Waals surface area contributed by atoms with Gasteiger partial charge >= 0.3 is 0 Å². The van der Waals surface area contributed by atoms with E-state index in [9.17, 15) is 9.59 Å². The molecule has 0 spiro atoms. The van der Waals surface area contributed by atoms with Crippen molar-refractivity contribution in [1.29, 1.82) is 0 Å². The average Bonchev–Trinajstić information content (AvgIpc) is 2.74. The molecule has 154 valence electrons. The van der Waals surface area contributed by atoms with E-state index in [2.05, 4.69) is 22.9 Å². The van der Waals surface area contributed by atoms with Crippen LogP contribution in [-0.2, 0) is 27.3 Å². The van der Waals surface area contributed by atoms with Crippen LogP contribution in [0.25, 0.3) is 0 Å². The van der Waals surface area contributed by atoms with E-state index in [-0.39, 0.29) is 17.7 Å². The lowest BCUT2D eigenvalue weighted by atomic mass is 9.96. The second-order valence-corrected chi connectivity index (χ2v) is 7.74. The molecule has 3 rings (SSSR count). The summed E-state index contributed by atoms with van der Waals surface area (Å²) in [6.07, 6.45) is 3.92. The smallest absolute Gasteiger partial charge is 0.227 e. The lowest BCUT2D eigenvalue weighted by Crippen LogP contribution is -2.49. The zero-order valence-electron chi connectivity index (χ0n) is 17.1. The number of hydrogen-bond donors (Lipinski definition) is 0. The van der Waals surface area contributed by atoms with Crippen LogP contribution in [0.15, 0.2) is 18.3 Å². The standard InChI is InChI=1S/C21H32N4O3/c1-3-17-4-6-19(22-14-17)16-23(2)21(27)18-5-7-20(26)25(15-18)9-8-24-10-12-28-13-11-24/h4,6,14,18H,3,5,7-13,15-16H2,1-2H3/t18-/m1/s1. The number of amides is 2. The lowest BCUT2D eigenvalue weighted by Gasteiger charge is -2.35. The molecule has 0 saturated carbocycles. The first kappa shape index (κ1) is 20.7. The van der Waals surface area contributed by atoms with Crippen LogP contribution in [0.4, 0.5) is 0 Å². The van der Waals surface area contributed by atoms with Gasteiger partial charge in [-0.2, -0.15) is 0 Å². The third-order valence-electron chi connectivity index (χ3n) is 5.71. The van der Waals surface area contributed by atoms with Gasteiger partial charge in [-0.3, -0.25) is 19.5 Å². The van der Waals surface area contributed by atoms with Crippen molar-refractivity contribution in [3.05, 3.63) is 29.6 Å². The number of carbonyl (C=O) groups excluding carboxylic acids is 2. The van der Waals surface area contributed by atoms with Crippen LogP contribution in [0.2, 0.25) is 0 Å². The number of rotatable bonds is 7. The Kier molecular flexibility index (Phi) is 7.39. The SMILES string of the molecule is CCc1ccc(CN(C)C(=O)[C@@H]2CCC(=O)N(CCN3CCOCC3)C2)nc1. The van der Waals surface area contributed by atoms with Gasteiger partial charge in [-0.1, -0.05) is 13.0 Å². The maximum Gasteiger partial charge on any atom is 0.227 e. The molecule has 3 heterocycles. The zero-order valence-corrected chi connectivity index (χ0v) is 17.1. The molecule has 1 aromatic heterocycles. The molecule has 2 fully saturated rings. The van der Waals surface area contributed by atoms with Gasteiger partial charge in [-0.05, 0) is 24.5 Å². The summed E-state index contributed by atoms with van der Waals surface area (Å²) in [4.78, 5) is 35.6. The fourth-order valence-electron chi connectivity index (χ4n) is 3.81. The van der Waals surface area contributed by atoms with Crippen LogP contribution >= 0.6 is 0 Å². The van der Waals surface area contributed by atoms with Crippen molar-refractivity contribution in [2.45, 2.75) is 32.7 Å². The molecule has 0 radical (unpaired) electrons. The van der Waals surface area contributed by atoms with Crippen molar-refractivity contribution in [2.24, 2.45) is 5.92 Å². The van der Waals surface area contributed by atoms with Gasteiger partial charge in [-0.25, -0.2) is 0 Å². The van der Waals surface area contributed by atoms with Crippen molar-refractivity contribution < 1.29 is 14.3 Å². The second kappa shape index (κ2) is 9.98. The van der Waals surface area contributed by atoms with E-state index in [1.165, 1.54) is 5.56 Å². The molecule has 7 heteroatoms. The van der Waals surface area contributed by atoms with E-state index in [1.54, 1.807) is 4.90 Å². The highest BCUT2D eigenvalue weighted by Crippen LogP contribution is 2.20. The molecule has 2 saturated heterocycles. The Balaban J connectivity index is 1.51. The van der Waals surface area contributed by atoms with Gasteiger partial charge in [0.25, 0.3) is 0 Å². The summed E-state index contributed by atoms with van der Waals surface area (Å²) in [6.45, 7) is 8.00. The first-order valence-electron chi connectivity index (χ1n) is 10.3. The van der Waals surface area contributed by atoms with E-state index in [1.807, 2.05) is 24.2 Å². The van der Waals surface area contributed by atoms with Crippen LogP contribution < -0.4 is 0 Å². The molecule has 1 aromatic rings. The van der Waals surface area contributed by atoms with Gasteiger partial charge in [-0.15, -0.1) is 0 Å². The lowest BCUT2D eigenvalue weighted by molar-refractivity contribution is -0.142. The summed E-state index contributed by atoms with van der Waals surface area (Å²) >= 11 is 0. The third kappa shape index (κ3) is 5.52. The Labute approximate surface area is 167 Å². The maximum absolute atomic E-state index is 12.9. The summed E-state index contributed by atoms with van der Waals surface area (Å²) in [5.74, 6) is 0.143. The van der Waals surface area contributed by atoms with Crippen molar-refractivity contribution >= 4 is 11.8 Å². The molecular weight excluding hydrogens is 356 g/mol. The molecule has 2 aliphatic heterocycles. The Hall–Kier alpha value is -1.99. The van der Waals surface area contributed by atoms with E-state index < -0.39 is 0 Å². The molecule has 2 aliphatic rings. The van der Waals surface area contributed by atoms with Gasteiger partial charge in [0.2, 0.25) is 11.8 Å². The molecule has 0 aliphatic carbocycles. The minimum Gasteiger partial charge on any atom is -0.379 e. The van der Waals surface area contributed by atoms with E-state index >= 15 is 0 Å². The van der Waals surface area contributed by atoms with Crippen LogP contribution in [0.3, 0.4) is 0 Å². The molecular formula is C21H32N4O3. The van der Waals surface area contributed by atoms with Crippen molar-refractivity contribution in [1.82, 2.24) is 19.7 Å². The highest BCUT2D eigenvalue weighted by molar-refractivity contribution is 5.83. The van der Waals surface area contributed by atoms with Gasteiger partial charge in [0.1, 0.15) is 0 Å². The van der Waals surface area contributed by atoms with Gasteiger partial charge in [0, 0.05) is 52.4 Å². The minimum atomic E-state index is -0.123. The van der Waals surface area contributed by atoms with Crippen LogP contribution in [0.5, 0.6) is 0 Å². The molecule has 0 bridgehead atoms. The summed E-state index contributed by atoms with van der Waals surface area (Å²) in [5.41, 5.74) is 2.09.